The van der Waals surface area contributed by atoms with Gasteiger partial charge in [-0.05, 0) is 36.1 Å². The quantitative estimate of drug-likeness (QED) is 0.626. The number of rotatable bonds is 6. The van der Waals surface area contributed by atoms with Crippen molar-refractivity contribution in [3.05, 3.63) is 23.2 Å². The Morgan fingerprint density at radius 3 is 2.88 bits per heavy atom. The van der Waals surface area contributed by atoms with Crippen molar-refractivity contribution >= 4 is 34.7 Å². The molecule has 0 spiro atoms. The average Bonchev–Trinajstić information content (AvgIpc) is 2.27. The van der Waals surface area contributed by atoms with Crippen LogP contribution in [-0.4, -0.2) is 25.1 Å². The Morgan fingerprint density at radius 1 is 1.44 bits per heavy atom. The summed E-state index contributed by atoms with van der Waals surface area (Å²) < 4.78 is 0. The van der Waals surface area contributed by atoms with Crippen molar-refractivity contribution < 1.29 is 0 Å². The molecule has 1 rings (SSSR count). The summed E-state index contributed by atoms with van der Waals surface area (Å²) in [5, 5.41) is 0.735. The molecule has 4 heteroatoms. The van der Waals surface area contributed by atoms with E-state index in [-0.39, 0.29) is 0 Å². The highest BCUT2D eigenvalue weighted by Gasteiger charge is 2.05. The van der Waals surface area contributed by atoms with Gasteiger partial charge in [0.2, 0.25) is 0 Å². The molecule has 0 heterocycles. The van der Waals surface area contributed by atoms with Gasteiger partial charge in [-0.15, -0.1) is 0 Å². The third-order valence-electron chi connectivity index (χ3n) is 2.39. The number of nitrogen functional groups attached to an aromatic ring is 1. The topological polar surface area (TPSA) is 29.3 Å². The zero-order valence-corrected chi connectivity index (χ0v) is 11.4. The van der Waals surface area contributed by atoms with E-state index in [2.05, 4.69) is 18.9 Å². The van der Waals surface area contributed by atoms with Gasteiger partial charge in [-0.25, -0.2) is 0 Å². The van der Waals surface area contributed by atoms with E-state index in [4.69, 9.17) is 17.3 Å². The van der Waals surface area contributed by atoms with Crippen molar-refractivity contribution in [2.24, 2.45) is 0 Å². The van der Waals surface area contributed by atoms with Crippen LogP contribution in [0.2, 0.25) is 5.02 Å². The number of nitrogens with zero attached hydrogens (tertiary/aromatic N) is 1. The van der Waals surface area contributed by atoms with Crippen LogP contribution in [0.25, 0.3) is 0 Å². The molecular weight excluding hydrogens is 240 g/mol. The summed E-state index contributed by atoms with van der Waals surface area (Å²) in [6, 6.07) is 5.60. The molecule has 1 aromatic rings. The average molecular weight is 259 g/mol. The monoisotopic (exact) mass is 258 g/mol. The van der Waals surface area contributed by atoms with Crippen LogP contribution in [0.1, 0.15) is 13.3 Å². The van der Waals surface area contributed by atoms with Crippen LogP contribution < -0.4 is 10.6 Å². The van der Waals surface area contributed by atoms with E-state index in [1.165, 1.54) is 17.9 Å². The second kappa shape index (κ2) is 6.92. The van der Waals surface area contributed by atoms with E-state index in [0.29, 0.717) is 0 Å². The third kappa shape index (κ3) is 4.14. The number of hydrogen-bond acceptors (Lipinski definition) is 3. The first-order valence-electron chi connectivity index (χ1n) is 5.49. The fraction of sp³-hybridized carbons (Fsp3) is 0.500. The molecule has 0 aliphatic rings. The molecule has 0 amide bonds. The molecule has 0 bridgehead atoms. The standard InChI is InChI=1S/C12H19ClN2S/c1-3-16-8-4-7-15(2)12-9-10(13)5-6-11(12)14/h5-6,9H,3-4,7-8,14H2,1-2H3. The number of hydrogen-bond donors (Lipinski definition) is 1. The van der Waals surface area contributed by atoms with E-state index >= 15 is 0 Å². The van der Waals surface area contributed by atoms with Crippen LogP contribution in [0.3, 0.4) is 0 Å². The molecule has 0 fully saturated rings. The van der Waals surface area contributed by atoms with Gasteiger partial charge in [-0.3, -0.25) is 0 Å². The van der Waals surface area contributed by atoms with Gasteiger partial charge in [-0.2, -0.15) is 11.8 Å². The smallest absolute Gasteiger partial charge is 0.0612 e. The van der Waals surface area contributed by atoms with Crippen LogP contribution in [0.5, 0.6) is 0 Å². The maximum absolute atomic E-state index is 5.96. The summed E-state index contributed by atoms with van der Waals surface area (Å²) in [6.45, 7) is 3.20. The molecule has 0 atom stereocenters. The predicted molar refractivity (Wildman–Crippen MR) is 76.8 cm³/mol. The lowest BCUT2D eigenvalue weighted by Crippen LogP contribution is -2.20. The summed E-state index contributed by atoms with van der Waals surface area (Å²) in [5.74, 6) is 2.38. The number of thioether (sulfide) groups is 1. The number of benzene rings is 1. The zero-order valence-electron chi connectivity index (χ0n) is 9.87. The molecule has 1 aromatic carbocycles. The second-order valence-corrected chi connectivity index (χ2v) is 5.51. The van der Waals surface area contributed by atoms with E-state index in [0.717, 1.165) is 22.9 Å². The summed E-state index contributed by atoms with van der Waals surface area (Å²) in [4.78, 5) is 2.16. The largest absolute Gasteiger partial charge is 0.397 e. The molecule has 0 aromatic heterocycles. The van der Waals surface area contributed by atoms with Gasteiger partial charge in [0.05, 0.1) is 11.4 Å². The molecule has 90 valence electrons. The second-order valence-electron chi connectivity index (χ2n) is 3.68. The normalized spacial score (nSPS) is 10.4. The SMILES string of the molecule is CCSCCCN(C)c1cc(Cl)ccc1N. The molecule has 0 radical (unpaired) electrons. The fourth-order valence-corrected chi connectivity index (χ4v) is 2.30. The van der Waals surface area contributed by atoms with Crippen molar-refractivity contribution in [1.29, 1.82) is 0 Å². The first kappa shape index (κ1) is 13.5. The molecule has 0 saturated heterocycles. The van der Waals surface area contributed by atoms with Crippen molar-refractivity contribution in [1.82, 2.24) is 0 Å². The Balaban J connectivity index is 2.51. The van der Waals surface area contributed by atoms with Gasteiger partial charge in [0, 0.05) is 18.6 Å². The highest BCUT2D eigenvalue weighted by Crippen LogP contribution is 2.26. The van der Waals surface area contributed by atoms with Gasteiger partial charge in [0.25, 0.3) is 0 Å². The van der Waals surface area contributed by atoms with Crippen LogP contribution >= 0.6 is 23.4 Å². The van der Waals surface area contributed by atoms with Crippen LogP contribution in [-0.2, 0) is 0 Å². The number of anilines is 2. The van der Waals surface area contributed by atoms with Crippen LogP contribution in [0.4, 0.5) is 11.4 Å². The molecule has 2 N–H and O–H groups in total. The lowest BCUT2D eigenvalue weighted by Gasteiger charge is -2.21. The Hall–Kier alpha value is -0.540. The molecule has 0 unspecified atom stereocenters. The minimum Gasteiger partial charge on any atom is -0.397 e. The minimum atomic E-state index is 0.735. The highest BCUT2D eigenvalue weighted by atomic mass is 35.5. The highest BCUT2D eigenvalue weighted by molar-refractivity contribution is 7.99. The van der Waals surface area contributed by atoms with Gasteiger partial charge in [-0.1, -0.05) is 18.5 Å². The van der Waals surface area contributed by atoms with Gasteiger partial charge >= 0.3 is 0 Å². The van der Waals surface area contributed by atoms with E-state index in [1.54, 1.807) is 0 Å². The van der Waals surface area contributed by atoms with Crippen molar-refractivity contribution in [3.63, 3.8) is 0 Å². The minimum absolute atomic E-state index is 0.735. The first-order chi connectivity index (χ1) is 7.65. The summed E-state index contributed by atoms with van der Waals surface area (Å²) in [6.07, 6.45) is 1.17. The van der Waals surface area contributed by atoms with E-state index in [1.807, 2.05) is 30.0 Å². The Labute approximate surface area is 107 Å². The van der Waals surface area contributed by atoms with Gasteiger partial charge in [0.15, 0.2) is 0 Å². The number of halogens is 1. The van der Waals surface area contributed by atoms with Crippen molar-refractivity contribution in [2.45, 2.75) is 13.3 Å². The molecular formula is C12H19ClN2S. The van der Waals surface area contributed by atoms with Crippen molar-refractivity contribution in [3.8, 4) is 0 Å². The first-order valence-corrected chi connectivity index (χ1v) is 7.02. The lowest BCUT2D eigenvalue weighted by molar-refractivity contribution is 0.861. The molecule has 16 heavy (non-hydrogen) atoms. The zero-order chi connectivity index (χ0) is 12.0. The third-order valence-corrected chi connectivity index (χ3v) is 3.61. The van der Waals surface area contributed by atoms with E-state index in [9.17, 15) is 0 Å². The molecule has 0 aliphatic heterocycles. The molecule has 2 nitrogen and oxygen atoms in total. The summed E-state index contributed by atoms with van der Waals surface area (Å²) >= 11 is 7.93. The Morgan fingerprint density at radius 2 is 2.19 bits per heavy atom. The maximum Gasteiger partial charge on any atom is 0.0612 e. The fourth-order valence-electron chi connectivity index (χ4n) is 1.52. The van der Waals surface area contributed by atoms with Crippen LogP contribution in [0, 0.1) is 0 Å². The lowest BCUT2D eigenvalue weighted by atomic mass is 10.2. The van der Waals surface area contributed by atoms with Gasteiger partial charge in [0.1, 0.15) is 0 Å². The predicted octanol–water partition coefficient (Wildman–Crippen LogP) is 3.50. The Kier molecular flexibility index (Phi) is 5.85. The van der Waals surface area contributed by atoms with Crippen molar-refractivity contribution in [2.75, 3.05) is 35.7 Å². The van der Waals surface area contributed by atoms with E-state index < -0.39 is 0 Å². The van der Waals surface area contributed by atoms with Crippen LogP contribution in [0.15, 0.2) is 18.2 Å². The summed E-state index contributed by atoms with van der Waals surface area (Å²) in [7, 11) is 2.05. The number of nitrogens with two attached hydrogens (primary N) is 1. The molecule has 0 aliphatic carbocycles. The Bertz CT molecular complexity index is 331. The maximum atomic E-state index is 5.96. The molecule has 0 saturated carbocycles. The van der Waals surface area contributed by atoms with Gasteiger partial charge < -0.3 is 10.6 Å². The summed E-state index contributed by atoms with van der Waals surface area (Å²) in [5.41, 5.74) is 7.72.